The molecular formula is C7H10N2O. The summed E-state index contributed by atoms with van der Waals surface area (Å²) in [6.07, 6.45) is 5.22. The molecule has 0 N–H and O–H groups in total. The SMILES string of the molecule is CO/C=C/c1ccnn1C. The molecule has 0 aliphatic rings. The molecular weight excluding hydrogens is 128 g/mol. The fraction of sp³-hybridized carbons (Fsp3) is 0.286. The van der Waals surface area contributed by atoms with E-state index in [0.29, 0.717) is 0 Å². The van der Waals surface area contributed by atoms with Gasteiger partial charge in [-0.05, 0) is 12.1 Å². The largest absolute Gasteiger partial charge is 0.504 e. The Morgan fingerprint density at radius 3 is 3.00 bits per heavy atom. The highest BCUT2D eigenvalue weighted by molar-refractivity contribution is 5.42. The molecule has 54 valence electrons. The van der Waals surface area contributed by atoms with Crippen LogP contribution in [0.25, 0.3) is 6.08 Å². The summed E-state index contributed by atoms with van der Waals surface area (Å²) in [4.78, 5) is 0. The Kier molecular flexibility index (Phi) is 2.10. The Balaban J connectivity index is 2.74. The summed E-state index contributed by atoms with van der Waals surface area (Å²) in [7, 11) is 3.50. The van der Waals surface area contributed by atoms with Crippen LogP contribution in [-0.2, 0) is 11.8 Å². The number of rotatable bonds is 2. The molecule has 0 spiro atoms. The number of ether oxygens (including phenoxy) is 1. The van der Waals surface area contributed by atoms with Gasteiger partial charge in [-0.2, -0.15) is 5.10 Å². The van der Waals surface area contributed by atoms with E-state index >= 15 is 0 Å². The van der Waals surface area contributed by atoms with Crippen molar-refractivity contribution in [1.82, 2.24) is 9.78 Å². The minimum atomic E-state index is 1.03. The molecule has 0 saturated carbocycles. The van der Waals surface area contributed by atoms with Crippen molar-refractivity contribution in [2.75, 3.05) is 7.11 Å². The summed E-state index contributed by atoms with van der Waals surface area (Å²) in [5.74, 6) is 0. The molecule has 1 aromatic rings. The van der Waals surface area contributed by atoms with E-state index in [-0.39, 0.29) is 0 Å². The molecule has 0 bridgehead atoms. The molecule has 0 atom stereocenters. The third-order valence-electron chi connectivity index (χ3n) is 1.23. The van der Waals surface area contributed by atoms with Gasteiger partial charge in [0.15, 0.2) is 0 Å². The summed E-state index contributed by atoms with van der Waals surface area (Å²) >= 11 is 0. The minimum absolute atomic E-state index is 1.03. The van der Waals surface area contributed by atoms with Crippen LogP contribution in [0.1, 0.15) is 5.69 Å². The van der Waals surface area contributed by atoms with E-state index < -0.39 is 0 Å². The third kappa shape index (κ3) is 1.37. The van der Waals surface area contributed by atoms with Gasteiger partial charge in [-0.1, -0.05) is 0 Å². The van der Waals surface area contributed by atoms with Crippen molar-refractivity contribution >= 4 is 6.08 Å². The van der Waals surface area contributed by atoms with Gasteiger partial charge in [-0.25, -0.2) is 0 Å². The van der Waals surface area contributed by atoms with E-state index in [2.05, 4.69) is 5.10 Å². The predicted molar refractivity (Wildman–Crippen MR) is 39.3 cm³/mol. The summed E-state index contributed by atoms with van der Waals surface area (Å²) in [6, 6.07) is 1.91. The van der Waals surface area contributed by atoms with E-state index in [4.69, 9.17) is 4.74 Å². The maximum absolute atomic E-state index is 4.75. The number of nitrogens with zero attached hydrogens (tertiary/aromatic N) is 2. The van der Waals surface area contributed by atoms with Crippen molar-refractivity contribution in [3.05, 3.63) is 24.2 Å². The summed E-state index contributed by atoms with van der Waals surface area (Å²) < 4.78 is 6.52. The van der Waals surface area contributed by atoms with Crippen LogP contribution < -0.4 is 0 Å². The van der Waals surface area contributed by atoms with Crippen LogP contribution >= 0.6 is 0 Å². The zero-order chi connectivity index (χ0) is 7.40. The molecule has 1 aromatic heterocycles. The average molecular weight is 138 g/mol. The maximum Gasteiger partial charge on any atom is 0.0845 e. The summed E-state index contributed by atoms with van der Waals surface area (Å²) in [6.45, 7) is 0. The molecule has 0 amide bonds. The molecule has 3 heteroatoms. The molecule has 3 nitrogen and oxygen atoms in total. The molecule has 0 aliphatic heterocycles. The van der Waals surface area contributed by atoms with E-state index in [9.17, 15) is 0 Å². The van der Waals surface area contributed by atoms with Crippen molar-refractivity contribution in [2.45, 2.75) is 0 Å². The van der Waals surface area contributed by atoms with Gasteiger partial charge in [0, 0.05) is 13.2 Å². The first-order valence-electron chi connectivity index (χ1n) is 3.02. The van der Waals surface area contributed by atoms with Gasteiger partial charge >= 0.3 is 0 Å². The van der Waals surface area contributed by atoms with Gasteiger partial charge in [0.1, 0.15) is 0 Å². The van der Waals surface area contributed by atoms with Gasteiger partial charge in [0.05, 0.1) is 19.1 Å². The number of hydrogen-bond donors (Lipinski definition) is 0. The number of aromatic nitrogens is 2. The molecule has 0 aliphatic carbocycles. The Morgan fingerprint density at radius 2 is 2.50 bits per heavy atom. The quantitative estimate of drug-likeness (QED) is 0.571. The average Bonchev–Trinajstić information content (AvgIpc) is 2.31. The summed E-state index contributed by atoms with van der Waals surface area (Å²) in [5.41, 5.74) is 1.03. The Hall–Kier alpha value is -1.25. The highest BCUT2D eigenvalue weighted by Crippen LogP contribution is 1.97. The van der Waals surface area contributed by atoms with Crippen LogP contribution in [0.4, 0.5) is 0 Å². The second kappa shape index (κ2) is 3.06. The van der Waals surface area contributed by atoms with Crippen molar-refractivity contribution < 1.29 is 4.74 Å². The van der Waals surface area contributed by atoms with Crippen molar-refractivity contribution in [3.8, 4) is 0 Å². The first-order chi connectivity index (χ1) is 4.84. The van der Waals surface area contributed by atoms with Crippen LogP contribution in [0.3, 0.4) is 0 Å². The van der Waals surface area contributed by atoms with E-state index in [1.165, 1.54) is 0 Å². The first kappa shape index (κ1) is 6.86. The standard InChI is InChI=1S/C7H10N2O/c1-9-7(3-5-8-9)4-6-10-2/h3-6H,1-2H3/b6-4+. The molecule has 1 rings (SSSR count). The van der Waals surface area contributed by atoms with Gasteiger partial charge in [-0.3, -0.25) is 4.68 Å². The molecule has 0 radical (unpaired) electrons. The van der Waals surface area contributed by atoms with Gasteiger partial charge < -0.3 is 4.74 Å². The lowest BCUT2D eigenvalue weighted by atomic mass is 10.4. The number of aryl methyl sites for hydroxylation is 1. The van der Waals surface area contributed by atoms with E-state index in [1.54, 1.807) is 24.3 Å². The minimum Gasteiger partial charge on any atom is -0.504 e. The Labute approximate surface area is 59.9 Å². The van der Waals surface area contributed by atoms with Gasteiger partial charge in [0.2, 0.25) is 0 Å². The van der Waals surface area contributed by atoms with Crippen LogP contribution in [0, 0.1) is 0 Å². The lowest BCUT2D eigenvalue weighted by Crippen LogP contribution is -1.91. The van der Waals surface area contributed by atoms with Gasteiger partial charge in [0.25, 0.3) is 0 Å². The van der Waals surface area contributed by atoms with Crippen LogP contribution in [0.15, 0.2) is 18.5 Å². The maximum atomic E-state index is 4.75. The fourth-order valence-corrected chi connectivity index (χ4v) is 0.685. The van der Waals surface area contributed by atoms with Crippen molar-refractivity contribution in [1.29, 1.82) is 0 Å². The molecule has 1 heterocycles. The Bertz CT molecular complexity index is 227. The van der Waals surface area contributed by atoms with Crippen LogP contribution in [0.2, 0.25) is 0 Å². The van der Waals surface area contributed by atoms with E-state index in [0.717, 1.165) is 5.69 Å². The van der Waals surface area contributed by atoms with Crippen LogP contribution in [-0.4, -0.2) is 16.9 Å². The zero-order valence-corrected chi connectivity index (χ0v) is 6.11. The second-order valence-electron chi connectivity index (χ2n) is 1.92. The lowest BCUT2D eigenvalue weighted by Gasteiger charge is -1.92. The van der Waals surface area contributed by atoms with Crippen molar-refractivity contribution in [2.24, 2.45) is 7.05 Å². The predicted octanol–water partition coefficient (Wildman–Crippen LogP) is 1.04. The topological polar surface area (TPSA) is 27.1 Å². The molecule has 0 fully saturated rings. The zero-order valence-electron chi connectivity index (χ0n) is 6.11. The monoisotopic (exact) mass is 138 g/mol. The molecule has 0 saturated heterocycles. The van der Waals surface area contributed by atoms with E-state index in [1.807, 2.05) is 19.2 Å². The molecule has 0 aromatic carbocycles. The highest BCUT2D eigenvalue weighted by Gasteiger charge is 1.89. The first-order valence-corrected chi connectivity index (χ1v) is 3.02. The van der Waals surface area contributed by atoms with Gasteiger partial charge in [-0.15, -0.1) is 0 Å². The number of methoxy groups -OCH3 is 1. The van der Waals surface area contributed by atoms with Crippen LogP contribution in [0.5, 0.6) is 0 Å². The third-order valence-corrected chi connectivity index (χ3v) is 1.23. The summed E-state index contributed by atoms with van der Waals surface area (Å²) in [5, 5.41) is 3.98. The highest BCUT2D eigenvalue weighted by atomic mass is 16.5. The Morgan fingerprint density at radius 1 is 1.70 bits per heavy atom. The molecule has 10 heavy (non-hydrogen) atoms. The fourth-order valence-electron chi connectivity index (χ4n) is 0.685. The number of hydrogen-bond acceptors (Lipinski definition) is 2. The normalized spacial score (nSPS) is 10.6. The lowest BCUT2D eigenvalue weighted by molar-refractivity contribution is 0.341. The smallest absolute Gasteiger partial charge is 0.0845 e. The second-order valence-corrected chi connectivity index (χ2v) is 1.92. The molecule has 0 unspecified atom stereocenters. The van der Waals surface area contributed by atoms with Crippen molar-refractivity contribution in [3.63, 3.8) is 0 Å².